The van der Waals surface area contributed by atoms with Gasteiger partial charge in [0.15, 0.2) is 0 Å². The Morgan fingerprint density at radius 3 is 2.07 bits per heavy atom. The topological polar surface area (TPSA) is 37.4 Å². The second-order valence-electron chi connectivity index (χ2n) is 3.83. The van der Waals surface area contributed by atoms with E-state index >= 15 is 0 Å². The summed E-state index contributed by atoms with van der Waals surface area (Å²) in [5.41, 5.74) is 0. The summed E-state index contributed by atoms with van der Waals surface area (Å²) in [6.07, 6.45) is 3.35. The highest BCUT2D eigenvalue weighted by Crippen LogP contribution is 2.08. The minimum absolute atomic E-state index is 0.223. The number of rotatable bonds is 8. The summed E-state index contributed by atoms with van der Waals surface area (Å²) in [5, 5.41) is 0. The average Bonchev–Trinajstić information content (AvgIpc) is 2.14. The van der Waals surface area contributed by atoms with Crippen LogP contribution in [0.3, 0.4) is 0 Å². The summed E-state index contributed by atoms with van der Waals surface area (Å²) in [5.74, 6) is 0.778. The molecule has 5 heteroatoms. The van der Waals surface area contributed by atoms with Crippen LogP contribution in [0.1, 0.15) is 26.7 Å². The first kappa shape index (κ1) is 15.2. The van der Waals surface area contributed by atoms with Crippen molar-refractivity contribution in [1.29, 1.82) is 0 Å². The predicted octanol–water partition coefficient (Wildman–Crippen LogP) is 1.76. The molecule has 0 spiro atoms. The van der Waals surface area contributed by atoms with Gasteiger partial charge < -0.3 is 0 Å². The molecule has 0 aliphatic heterocycles. The standard InChI is InChI=1S/C10H22ClNO2S/c1-4-10(5-2)12(7-6-11)8-9-15(3,13)14/h10H,4-9H2,1-3H3. The van der Waals surface area contributed by atoms with Crippen molar-refractivity contribution in [3.63, 3.8) is 0 Å². The largest absolute Gasteiger partial charge is 0.298 e. The lowest BCUT2D eigenvalue weighted by Gasteiger charge is -2.29. The lowest BCUT2D eigenvalue weighted by atomic mass is 10.1. The Balaban J connectivity index is 4.26. The van der Waals surface area contributed by atoms with Crippen LogP contribution in [0.25, 0.3) is 0 Å². The molecule has 0 aromatic carbocycles. The van der Waals surface area contributed by atoms with Gasteiger partial charge in [-0.05, 0) is 12.8 Å². The molecule has 3 nitrogen and oxygen atoms in total. The smallest absolute Gasteiger partial charge is 0.148 e. The molecule has 0 atom stereocenters. The molecule has 0 rings (SSSR count). The van der Waals surface area contributed by atoms with Crippen molar-refractivity contribution >= 4 is 21.4 Å². The van der Waals surface area contributed by atoms with Crippen LogP contribution in [-0.4, -0.2) is 50.3 Å². The fourth-order valence-electron chi connectivity index (χ4n) is 1.67. The second kappa shape index (κ2) is 7.47. The Hall–Kier alpha value is 0.200. The van der Waals surface area contributed by atoms with Crippen LogP contribution in [0.5, 0.6) is 0 Å². The average molecular weight is 256 g/mol. The monoisotopic (exact) mass is 255 g/mol. The number of sulfone groups is 1. The van der Waals surface area contributed by atoms with Crippen LogP contribution in [0.4, 0.5) is 0 Å². The van der Waals surface area contributed by atoms with Crippen LogP contribution in [0.15, 0.2) is 0 Å². The summed E-state index contributed by atoms with van der Waals surface area (Å²) < 4.78 is 22.2. The third-order valence-corrected chi connectivity index (χ3v) is 3.67. The first-order valence-electron chi connectivity index (χ1n) is 5.42. The van der Waals surface area contributed by atoms with E-state index < -0.39 is 9.84 Å². The molecule has 15 heavy (non-hydrogen) atoms. The Bertz CT molecular complexity index is 250. The highest BCUT2D eigenvalue weighted by molar-refractivity contribution is 7.90. The van der Waals surface area contributed by atoms with Gasteiger partial charge in [0.2, 0.25) is 0 Å². The van der Waals surface area contributed by atoms with Gasteiger partial charge in [-0.15, -0.1) is 11.6 Å². The number of hydrogen-bond donors (Lipinski definition) is 0. The Labute approximate surface area is 98.7 Å². The molecule has 0 saturated carbocycles. The van der Waals surface area contributed by atoms with Gasteiger partial charge in [0, 0.05) is 31.3 Å². The summed E-state index contributed by atoms with van der Waals surface area (Å²) in [7, 11) is -2.87. The molecule has 0 bridgehead atoms. The van der Waals surface area contributed by atoms with Crippen molar-refractivity contribution in [3.05, 3.63) is 0 Å². The zero-order valence-corrected chi connectivity index (χ0v) is 11.4. The van der Waals surface area contributed by atoms with Gasteiger partial charge in [-0.1, -0.05) is 13.8 Å². The number of nitrogens with zero attached hydrogens (tertiary/aromatic N) is 1. The van der Waals surface area contributed by atoms with Crippen LogP contribution in [-0.2, 0) is 9.84 Å². The van der Waals surface area contributed by atoms with E-state index in [0.29, 0.717) is 18.5 Å². The lowest BCUT2D eigenvalue weighted by molar-refractivity contribution is 0.208. The summed E-state index contributed by atoms with van der Waals surface area (Å²) >= 11 is 5.71. The van der Waals surface area contributed by atoms with E-state index in [-0.39, 0.29) is 5.75 Å². The molecule has 0 saturated heterocycles. The summed E-state index contributed by atoms with van der Waals surface area (Å²) in [6, 6.07) is 0.450. The van der Waals surface area contributed by atoms with Crippen molar-refractivity contribution in [1.82, 2.24) is 4.90 Å². The van der Waals surface area contributed by atoms with Gasteiger partial charge in [-0.25, -0.2) is 8.42 Å². The first-order chi connectivity index (χ1) is 6.94. The quantitative estimate of drug-likeness (QED) is 0.621. The van der Waals surface area contributed by atoms with Crippen molar-refractivity contribution in [2.24, 2.45) is 0 Å². The van der Waals surface area contributed by atoms with Gasteiger partial charge in [-0.2, -0.15) is 0 Å². The minimum Gasteiger partial charge on any atom is -0.298 e. The van der Waals surface area contributed by atoms with Crippen molar-refractivity contribution in [2.45, 2.75) is 32.7 Å². The lowest BCUT2D eigenvalue weighted by Crippen LogP contribution is -2.39. The van der Waals surface area contributed by atoms with E-state index in [4.69, 9.17) is 11.6 Å². The second-order valence-corrected chi connectivity index (χ2v) is 6.46. The zero-order chi connectivity index (χ0) is 11.9. The summed E-state index contributed by atoms with van der Waals surface area (Å²) in [4.78, 5) is 2.17. The van der Waals surface area contributed by atoms with E-state index in [1.807, 2.05) is 0 Å². The zero-order valence-electron chi connectivity index (χ0n) is 9.87. The Kier molecular flexibility index (Phi) is 7.57. The highest BCUT2D eigenvalue weighted by Gasteiger charge is 2.16. The van der Waals surface area contributed by atoms with Crippen molar-refractivity contribution in [3.8, 4) is 0 Å². The van der Waals surface area contributed by atoms with E-state index in [2.05, 4.69) is 18.7 Å². The maximum atomic E-state index is 11.1. The molecule has 0 unspecified atom stereocenters. The van der Waals surface area contributed by atoms with E-state index in [9.17, 15) is 8.42 Å². The maximum Gasteiger partial charge on any atom is 0.148 e. The molecular formula is C10H22ClNO2S. The first-order valence-corrected chi connectivity index (χ1v) is 8.01. The molecule has 0 amide bonds. The third kappa shape index (κ3) is 7.14. The molecule has 0 radical (unpaired) electrons. The number of halogens is 1. The van der Waals surface area contributed by atoms with Gasteiger partial charge in [0.25, 0.3) is 0 Å². The third-order valence-electron chi connectivity index (χ3n) is 2.58. The molecular weight excluding hydrogens is 234 g/mol. The van der Waals surface area contributed by atoms with Crippen LogP contribution in [0.2, 0.25) is 0 Å². The van der Waals surface area contributed by atoms with Crippen LogP contribution in [0, 0.1) is 0 Å². The molecule has 0 N–H and O–H groups in total. The van der Waals surface area contributed by atoms with Gasteiger partial charge in [0.05, 0.1) is 5.75 Å². The Morgan fingerprint density at radius 2 is 1.73 bits per heavy atom. The fraction of sp³-hybridized carbons (Fsp3) is 1.00. The molecule has 0 aliphatic carbocycles. The highest BCUT2D eigenvalue weighted by atomic mass is 35.5. The SMILES string of the molecule is CCC(CC)N(CCCl)CCS(C)(=O)=O. The van der Waals surface area contributed by atoms with E-state index in [1.165, 1.54) is 6.26 Å². The molecule has 0 fully saturated rings. The molecule has 0 aliphatic rings. The van der Waals surface area contributed by atoms with Crippen molar-refractivity contribution < 1.29 is 8.42 Å². The van der Waals surface area contributed by atoms with Crippen molar-refractivity contribution in [2.75, 3.05) is 31.0 Å². The predicted molar refractivity (Wildman–Crippen MR) is 66.4 cm³/mol. The van der Waals surface area contributed by atoms with E-state index in [0.717, 1.165) is 19.4 Å². The van der Waals surface area contributed by atoms with Crippen LogP contribution >= 0.6 is 11.6 Å². The molecule has 92 valence electrons. The molecule has 0 heterocycles. The maximum absolute atomic E-state index is 11.1. The van der Waals surface area contributed by atoms with Gasteiger partial charge in [0.1, 0.15) is 9.84 Å². The van der Waals surface area contributed by atoms with Crippen LogP contribution < -0.4 is 0 Å². The Morgan fingerprint density at radius 1 is 1.20 bits per heavy atom. The summed E-state index contributed by atoms with van der Waals surface area (Å²) in [6.45, 7) is 5.60. The molecule has 0 aromatic rings. The van der Waals surface area contributed by atoms with E-state index in [1.54, 1.807) is 0 Å². The van der Waals surface area contributed by atoms with Gasteiger partial charge >= 0.3 is 0 Å². The number of alkyl halides is 1. The normalized spacial score (nSPS) is 12.7. The fourth-order valence-corrected chi connectivity index (χ4v) is 2.46. The molecule has 0 aromatic heterocycles. The van der Waals surface area contributed by atoms with Gasteiger partial charge in [-0.3, -0.25) is 4.90 Å². The number of hydrogen-bond acceptors (Lipinski definition) is 3. The minimum atomic E-state index is -2.87.